The lowest BCUT2D eigenvalue weighted by Gasteiger charge is -2.39. The number of ether oxygens (including phenoxy) is 1. The van der Waals surface area contributed by atoms with Gasteiger partial charge in [-0.3, -0.25) is 9.59 Å². The predicted octanol–water partition coefficient (Wildman–Crippen LogP) is 3.76. The maximum atomic E-state index is 12.7. The van der Waals surface area contributed by atoms with Gasteiger partial charge in [0.15, 0.2) is 5.78 Å². The summed E-state index contributed by atoms with van der Waals surface area (Å²) in [5.41, 5.74) is 0.424. The Labute approximate surface area is 151 Å². The van der Waals surface area contributed by atoms with E-state index in [1.165, 1.54) is 0 Å². The number of esters is 1. The van der Waals surface area contributed by atoms with E-state index in [4.69, 9.17) is 4.74 Å². The highest BCUT2D eigenvalue weighted by molar-refractivity contribution is 9.10. The van der Waals surface area contributed by atoms with E-state index in [2.05, 4.69) is 15.9 Å². The van der Waals surface area contributed by atoms with Gasteiger partial charge in [0.25, 0.3) is 0 Å². The Morgan fingerprint density at radius 2 is 2.00 bits per heavy atom. The van der Waals surface area contributed by atoms with Gasteiger partial charge in [0.05, 0.1) is 12.2 Å². The van der Waals surface area contributed by atoms with E-state index in [1.807, 2.05) is 44.2 Å². The highest BCUT2D eigenvalue weighted by Gasteiger charge is 2.48. The molecule has 0 saturated heterocycles. The van der Waals surface area contributed by atoms with Gasteiger partial charge in [-0.25, -0.2) is 0 Å². The lowest BCUT2D eigenvalue weighted by Crippen LogP contribution is -2.45. The van der Waals surface area contributed by atoms with Crippen LogP contribution >= 0.6 is 15.9 Å². The van der Waals surface area contributed by atoms with Crippen molar-refractivity contribution in [2.45, 2.75) is 39.2 Å². The predicted molar refractivity (Wildman–Crippen MR) is 95.3 cm³/mol. The number of benzene rings is 1. The van der Waals surface area contributed by atoms with Crippen LogP contribution in [0.3, 0.4) is 0 Å². The summed E-state index contributed by atoms with van der Waals surface area (Å²) in [7, 11) is 0. The number of ketones is 1. The molecule has 0 bridgehead atoms. The number of hydrogen-bond acceptors (Lipinski definition) is 4. The molecular formula is C19H23BrO4. The van der Waals surface area contributed by atoms with Crippen molar-refractivity contribution >= 4 is 27.7 Å². The first-order chi connectivity index (χ1) is 11.3. The van der Waals surface area contributed by atoms with Crippen LogP contribution < -0.4 is 0 Å². The number of allylic oxidation sites excluding steroid dienone is 2. The first-order valence-corrected chi connectivity index (χ1v) is 8.89. The summed E-state index contributed by atoms with van der Waals surface area (Å²) in [6, 6.07) is 7.29. The van der Waals surface area contributed by atoms with Gasteiger partial charge < -0.3 is 9.84 Å². The summed E-state index contributed by atoms with van der Waals surface area (Å²) in [5, 5.41) is 11.1. The van der Waals surface area contributed by atoms with E-state index in [0.717, 1.165) is 10.0 Å². The Morgan fingerprint density at radius 1 is 1.38 bits per heavy atom. The molecule has 2 rings (SSSR count). The van der Waals surface area contributed by atoms with Crippen molar-refractivity contribution in [3.05, 3.63) is 46.0 Å². The minimum atomic E-state index is -1.27. The molecule has 5 heteroatoms. The van der Waals surface area contributed by atoms with Gasteiger partial charge in [-0.2, -0.15) is 0 Å². The molecule has 1 saturated carbocycles. The molecule has 0 heterocycles. The molecule has 1 aliphatic rings. The second kappa shape index (κ2) is 7.62. The molecule has 0 spiro atoms. The molecule has 130 valence electrons. The zero-order valence-electron chi connectivity index (χ0n) is 14.2. The van der Waals surface area contributed by atoms with E-state index in [1.54, 1.807) is 6.92 Å². The Kier molecular flexibility index (Phi) is 5.99. The quantitative estimate of drug-likeness (QED) is 0.479. The van der Waals surface area contributed by atoms with Gasteiger partial charge in [-0.1, -0.05) is 39.7 Å². The molecule has 0 radical (unpaired) electrons. The van der Waals surface area contributed by atoms with Crippen LogP contribution in [0, 0.1) is 11.8 Å². The molecule has 0 aliphatic heterocycles. The standard InChI is InChI=1S/C19H23BrO4/c1-4-24-18(22)17-13(9-12(2)3)10-19(23,11-16(17)21)14-5-7-15(20)8-6-14/h5-9,13,17,23H,4,10-11H2,1-3H3. The van der Waals surface area contributed by atoms with E-state index in [-0.39, 0.29) is 24.7 Å². The maximum Gasteiger partial charge on any atom is 0.317 e. The van der Waals surface area contributed by atoms with Crippen LogP contribution in [0.15, 0.2) is 40.4 Å². The SMILES string of the molecule is CCOC(=O)C1C(=O)CC(O)(c2ccc(Br)cc2)CC1C=C(C)C. The van der Waals surface area contributed by atoms with Crippen LogP contribution in [-0.2, 0) is 19.9 Å². The van der Waals surface area contributed by atoms with Gasteiger partial charge >= 0.3 is 5.97 Å². The minimum absolute atomic E-state index is 0.0782. The molecule has 1 aromatic rings. The maximum absolute atomic E-state index is 12.7. The van der Waals surface area contributed by atoms with Gasteiger partial charge in [-0.05, 0) is 44.9 Å². The Morgan fingerprint density at radius 3 is 2.54 bits per heavy atom. The Balaban J connectivity index is 2.37. The monoisotopic (exact) mass is 394 g/mol. The van der Waals surface area contributed by atoms with Gasteiger partial charge in [0.1, 0.15) is 5.92 Å². The molecule has 4 nitrogen and oxygen atoms in total. The molecule has 0 amide bonds. The third kappa shape index (κ3) is 4.14. The van der Waals surface area contributed by atoms with Crippen LogP contribution in [0.4, 0.5) is 0 Å². The molecule has 1 fully saturated rings. The lowest BCUT2D eigenvalue weighted by atomic mass is 9.68. The zero-order valence-corrected chi connectivity index (χ0v) is 15.8. The summed E-state index contributed by atoms with van der Waals surface area (Å²) >= 11 is 3.37. The number of halogens is 1. The minimum Gasteiger partial charge on any atom is -0.465 e. The molecule has 3 unspecified atom stereocenters. The fourth-order valence-corrected chi connectivity index (χ4v) is 3.58. The van der Waals surface area contributed by atoms with Crippen LogP contribution in [0.25, 0.3) is 0 Å². The topological polar surface area (TPSA) is 63.6 Å². The van der Waals surface area contributed by atoms with Crippen molar-refractivity contribution in [2.24, 2.45) is 11.8 Å². The van der Waals surface area contributed by atoms with Crippen molar-refractivity contribution in [1.29, 1.82) is 0 Å². The number of carbonyl (C=O) groups is 2. The van der Waals surface area contributed by atoms with E-state index >= 15 is 0 Å². The molecule has 3 atom stereocenters. The van der Waals surface area contributed by atoms with Crippen molar-refractivity contribution < 1.29 is 19.4 Å². The molecule has 0 aromatic heterocycles. The van der Waals surface area contributed by atoms with Crippen LogP contribution in [0.2, 0.25) is 0 Å². The highest BCUT2D eigenvalue weighted by Crippen LogP contribution is 2.42. The first-order valence-electron chi connectivity index (χ1n) is 8.09. The van der Waals surface area contributed by atoms with Crippen molar-refractivity contribution in [3.8, 4) is 0 Å². The van der Waals surface area contributed by atoms with Gasteiger partial charge in [0.2, 0.25) is 0 Å². The van der Waals surface area contributed by atoms with Crippen LogP contribution in [0.1, 0.15) is 39.2 Å². The lowest BCUT2D eigenvalue weighted by molar-refractivity contribution is -0.159. The smallest absolute Gasteiger partial charge is 0.317 e. The zero-order chi connectivity index (χ0) is 17.9. The fourth-order valence-electron chi connectivity index (χ4n) is 3.32. The molecular weight excluding hydrogens is 372 g/mol. The van der Waals surface area contributed by atoms with Gasteiger partial charge in [0, 0.05) is 16.8 Å². The average molecular weight is 395 g/mol. The van der Waals surface area contributed by atoms with E-state index < -0.39 is 17.5 Å². The normalized spacial score (nSPS) is 26.8. The summed E-state index contributed by atoms with van der Waals surface area (Å²) in [6.45, 7) is 5.79. The highest BCUT2D eigenvalue weighted by atomic mass is 79.9. The van der Waals surface area contributed by atoms with Crippen LogP contribution in [0.5, 0.6) is 0 Å². The summed E-state index contributed by atoms with van der Waals surface area (Å²) in [4.78, 5) is 24.9. The van der Waals surface area contributed by atoms with Crippen molar-refractivity contribution in [2.75, 3.05) is 6.61 Å². The molecule has 1 aromatic carbocycles. The first kappa shape index (κ1) is 18.9. The number of aliphatic hydroxyl groups is 1. The fraction of sp³-hybridized carbons (Fsp3) is 0.474. The number of hydrogen-bond donors (Lipinski definition) is 1. The summed E-state index contributed by atoms with van der Waals surface area (Å²) < 4.78 is 5.98. The Bertz CT molecular complexity index is 646. The largest absolute Gasteiger partial charge is 0.465 e. The summed E-state index contributed by atoms with van der Waals surface area (Å²) in [5.74, 6) is -1.98. The second-order valence-electron chi connectivity index (χ2n) is 6.52. The Hall–Kier alpha value is -1.46. The van der Waals surface area contributed by atoms with E-state index in [9.17, 15) is 14.7 Å². The molecule has 1 aliphatic carbocycles. The average Bonchev–Trinajstić information content (AvgIpc) is 2.46. The van der Waals surface area contributed by atoms with E-state index in [0.29, 0.717) is 12.0 Å². The number of rotatable bonds is 4. The third-order valence-corrected chi connectivity index (χ3v) is 4.81. The summed E-state index contributed by atoms with van der Waals surface area (Å²) in [6.07, 6.45) is 2.13. The molecule has 1 N–H and O–H groups in total. The number of carbonyl (C=O) groups excluding carboxylic acids is 2. The van der Waals surface area contributed by atoms with Crippen LogP contribution in [-0.4, -0.2) is 23.5 Å². The molecule has 24 heavy (non-hydrogen) atoms. The third-order valence-electron chi connectivity index (χ3n) is 4.28. The van der Waals surface area contributed by atoms with Crippen molar-refractivity contribution in [1.82, 2.24) is 0 Å². The number of Topliss-reactive ketones (excluding diaryl/α,β-unsaturated/α-hetero) is 1. The second-order valence-corrected chi connectivity index (χ2v) is 7.44. The van der Waals surface area contributed by atoms with Gasteiger partial charge in [-0.15, -0.1) is 0 Å². The van der Waals surface area contributed by atoms with Crippen molar-refractivity contribution in [3.63, 3.8) is 0 Å².